The average molecular weight is 1150 g/mol. The van der Waals surface area contributed by atoms with Crippen molar-refractivity contribution in [2.45, 2.75) is 147 Å². The number of pyridine rings is 1. The number of piperidine rings is 4. The Morgan fingerprint density at radius 2 is 1.53 bits per heavy atom. The fraction of sp³-hybridized carbons (Fsp3) is 0.439. The van der Waals surface area contributed by atoms with E-state index in [1.54, 1.807) is 25.4 Å². The quantitative estimate of drug-likeness (QED) is 0.0982. The van der Waals surface area contributed by atoms with Gasteiger partial charge in [0.25, 0.3) is 23.6 Å². The summed E-state index contributed by atoms with van der Waals surface area (Å²) in [6, 6.07) is 23.4. The third kappa shape index (κ3) is 9.81. The van der Waals surface area contributed by atoms with E-state index in [4.69, 9.17) is 9.97 Å². The molecule has 2 aromatic heterocycles. The van der Waals surface area contributed by atoms with Gasteiger partial charge in [0.2, 0.25) is 17.7 Å². The molecule has 18 nitrogen and oxygen atoms in total. The van der Waals surface area contributed by atoms with Gasteiger partial charge in [-0.15, -0.1) is 0 Å². The van der Waals surface area contributed by atoms with E-state index in [9.17, 15) is 28.8 Å². The molecule has 6 aromatic rings. The maximum atomic E-state index is 16.0. The Kier molecular flexibility index (Phi) is 14.4. The molecule has 1 spiro atoms. The molecule has 19 heteroatoms. The molecular weight excluding hydrogens is 1080 g/mol. The zero-order valence-electron chi connectivity index (χ0n) is 48.9. The van der Waals surface area contributed by atoms with Crippen molar-refractivity contribution in [1.82, 2.24) is 39.9 Å². The number of hydrogen-bond acceptors (Lipinski definition) is 12. The number of amides is 7. The van der Waals surface area contributed by atoms with Gasteiger partial charge in [0.15, 0.2) is 5.82 Å². The first-order valence-electron chi connectivity index (χ1n) is 30.4. The summed E-state index contributed by atoms with van der Waals surface area (Å²) in [5.74, 6) is -2.43. The number of carbonyl (C=O) groups is 7. The van der Waals surface area contributed by atoms with Crippen molar-refractivity contribution in [3.63, 3.8) is 0 Å². The van der Waals surface area contributed by atoms with Crippen LogP contribution in [0.15, 0.2) is 85.2 Å². The van der Waals surface area contributed by atoms with Crippen molar-refractivity contribution in [3.05, 3.63) is 130 Å². The molecule has 4 aromatic carbocycles. The van der Waals surface area contributed by atoms with Crippen molar-refractivity contribution in [2.75, 3.05) is 54.4 Å². The predicted octanol–water partition coefficient (Wildman–Crippen LogP) is 9.33. The summed E-state index contributed by atoms with van der Waals surface area (Å²) < 4.78 is 18.0. The topological polar surface area (TPSA) is 202 Å². The van der Waals surface area contributed by atoms with Gasteiger partial charge in [0, 0.05) is 79.1 Å². The Hall–Kier alpha value is -8.32. The molecule has 8 heterocycles. The number of hydrogen-bond donors (Lipinski definition) is 3. The van der Waals surface area contributed by atoms with Gasteiger partial charge in [-0.25, -0.2) is 14.4 Å². The number of rotatable bonds is 12. The first-order valence-corrected chi connectivity index (χ1v) is 30.4. The van der Waals surface area contributed by atoms with Crippen molar-refractivity contribution in [3.8, 4) is 11.3 Å². The monoisotopic (exact) mass is 1150 g/mol. The molecule has 1 atom stereocenters. The van der Waals surface area contributed by atoms with Gasteiger partial charge >= 0.3 is 0 Å². The summed E-state index contributed by atoms with van der Waals surface area (Å²) in [6.07, 6.45) is 9.71. The van der Waals surface area contributed by atoms with Crippen LogP contribution in [0.25, 0.3) is 22.3 Å². The summed E-state index contributed by atoms with van der Waals surface area (Å²) >= 11 is 0. The van der Waals surface area contributed by atoms with Crippen LogP contribution in [0.4, 0.5) is 27.3 Å². The van der Waals surface area contributed by atoms with E-state index in [2.05, 4.69) is 48.8 Å². The molecule has 7 amide bonds. The molecule has 7 aliphatic rings. The number of aryl methyl sites for hydroxylation is 1. The number of imide groups is 2. The first kappa shape index (κ1) is 55.8. The van der Waals surface area contributed by atoms with E-state index in [-0.39, 0.29) is 71.4 Å². The number of nitrogens with zero attached hydrogens (tertiary/aromatic N) is 8. The lowest BCUT2D eigenvalue weighted by Crippen LogP contribution is -2.58. The Bertz CT molecular complexity index is 3750. The molecule has 1 aliphatic carbocycles. The van der Waals surface area contributed by atoms with E-state index in [0.717, 1.165) is 66.1 Å². The zero-order valence-corrected chi connectivity index (χ0v) is 48.9. The second-order valence-corrected chi connectivity index (χ2v) is 25.1. The second-order valence-electron chi connectivity index (χ2n) is 25.1. The van der Waals surface area contributed by atoms with Crippen LogP contribution in [-0.4, -0.2) is 134 Å². The number of halogens is 1. The van der Waals surface area contributed by atoms with E-state index in [1.807, 2.05) is 73.6 Å². The SMILES string of the molecule is Cc1cc(F)c(Nc2nc(-c3ccc4c(c3)N(C3CC(N5CCCCC5)C3)C(=O)C43CCN(C(=O)c4cccc(C5CCN(c6cccc7c6C(=O)N(C6CCC(=O)NC6=O)C7=O)CC5)c4)CC3)cc3ncn(C(C)C)c23)cc1C(=O)NC(C)C. The summed E-state index contributed by atoms with van der Waals surface area (Å²) in [5, 5.41) is 8.47. The van der Waals surface area contributed by atoms with E-state index in [1.165, 1.54) is 31.4 Å². The van der Waals surface area contributed by atoms with Crippen LogP contribution in [0.5, 0.6) is 0 Å². The smallest absolute Gasteiger partial charge is 0.264 e. The van der Waals surface area contributed by atoms with Gasteiger partial charge < -0.3 is 34.8 Å². The number of benzene rings is 4. The Balaban J connectivity index is 0.742. The van der Waals surface area contributed by atoms with Gasteiger partial charge in [0.1, 0.15) is 17.4 Å². The number of carbonyl (C=O) groups excluding carboxylic acids is 7. The molecule has 5 fully saturated rings. The first-order chi connectivity index (χ1) is 41.0. The van der Waals surface area contributed by atoms with Crippen molar-refractivity contribution >= 4 is 75.3 Å². The van der Waals surface area contributed by atoms with E-state index >= 15 is 9.18 Å². The highest BCUT2D eigenvalue weighted by molar-refractivity contribution is 6.25. The lowest BCUT2D eigenvalue weighted by Gasteiger charge is -2.48. The Morgan fingerprint density at radius 1 is 0.776 bits per heavy atom. The van der Waals surface area contributed by atoms with E-state index in [0.29, 0.717) is 90.0 Å². The lowest BCUT2D eigenvalue weighted by atomic mass is 9.73. The minimum absolute atomic E-state index is 0.00123. The molecule has 6 aliphatic heterocycles. The lowest BCUT2D eigenvalue weighted by molar-refractivity contribution is -0.136. The highest BCUT2D eigenvalue weighted by atomic mass is 19.1. The maximum absolute atomic E-state index is 16.0. The number of fused-ring (bicyclic) bond motifs is 4. The van der Waals surface area contributed by atoms with Crippen LogP contribution in [0.2, 0.25) is 0 Å². The van der Waals surface area contributed by atoms with Gasteiger partial charge in [0.05, 0.1) is 45.5 Å². The number of imidazole rings is 1. The summed E-state index contributed by atoms with van der Waals surface area (Å²) in [4.78, 5) is 115. The van der Waals surface area contributed by atoms with Crippen LogP contribution in [0.3, 0.4) is 0 Å². The third-order valence-electron chi connectivity index (χ3n) is 19.2. The standard InChI is InChI=1S/C66H72FN11O7/c1-37(2)69-60(80)47-34-51(49(67)29-39(47)5)71-59-58-52(68-36-76(58)38(3)4)35-50(70-59)42-15-16-48-55(31-42)77(45-32-44(33-45)73-23-7-6-8-24-73)65(85)66(48)21-27-75(28-22-66)62(82)43-12-9-11-41(30-43)40-19-25-74(26-20-40)53-14-10-13-46-57(53)64(84)78(63(46)83)54-17-18-56(79)72-61(54)81/h9-16,29-31,34-38,40,44-45,54H,6-8,17-28,32-33H2,1-5H3,(H,69,80)(H,70,71)(H,72,79,81). The van der Waals surface area contributed by atoms with Gasteiger partial charge in [-0.2, -0.15) is 0 Å². The van der Waals surface area contributed by atoms with Crippen LogP contribution in [-0.2, 0) is 19.8 Å². The number of likely N-dealkylation sites (tertiary alicyclic amines) is 2. The molecule has 13 rings (SSSR count). The van der Waals surface area contributed by atoms with E-state index < -0.39 is 40.9 Å². The van der Waals surface area contributed by atoms with Gasteiger partial charge in [-0.3, -0.25) is 43.8 Å². The Morgan fingerprint density at radius 3 is 2.26 bits per heavy atom. The minimum Gasteiger partial charge on any atom is -0.371 e. The molecule has 0 bridgehead atoms. The van der Waals surface area contributed by atoms with Gasteiger partial charge in [-0.05, 0) is 177 Å². The van der Waals surface area contributed by atoms with Gasteiger partial charge in [-0.1, -0.05) is 36.8 Å². The molecule has 85 heavy (non-hydrogen) atoms. The minimum atomic E-state index is -1.04. The molecule has 4 saturated heterocycles. The average Bonchev–Trinajstić information content (AvgIpc) is 2.93. The number of aromatic nitrogens is 3. The molecule has 1 saturated carbocycles. The highest BCUT2D eigenvalue weighted by Crippen LogP contribution is 2.53. The summed E-state index contributed by atoms with van der Waals surface area (Å²) in [6.45, 7) is 13.7. The fourth-order valence-corrected chi connectivity index (χ4v) is 14.5. The van der Waals surface area contributed by atoms with Crippen LogP contribution >= 0.6 is 0 Å². The van der Waals surface area contributed by atoms with Crippen LogP contribution < -0.4 is 25.8 Å². The molecule has 3 N–H and O–H groups in total. The summed E-state index contributed by atoms with van der Waals surface area (Å²) in [7, 11) is 0. The molecule has 440 valence electrons. The van der Waals surface area contributed by atoms with Crippen molar-refractivity contribution in [1.29, 1.82) is 0 Å². The zero-order chi connectivity index (χ0) is 59.2. The fourth-order valence-electron chi connectivity index (χ4n) is 14.5. The molecule has 0 radical (unpaired) electrons. The van der Waals surface area contributed by atoms with Crippen molar-refractivity contribution < 1.29 is 38.0 Å². The summed E-state index contributed by atoms with van der Waals surface area (Å²) in [5.41, 5.74) is 7.49. The largest absolute Gasteiger partial charge is 0.371 e. The number of anilines is 4. The molecular formula is C66H72FN11O7. The molecule has 1 unspecified atom stereocenters. The van der Waals surface area contributed by atoms with Crippen LogP contribution in [0, 0.1) is 12.7 Å². The second kappa shape index (κ2) is 21.9. The Labute approximate surface area is 493 Å². The van der Waals surface area contributed by atoms with Crippen molar-refractivity contribution in [2.24, 2.45) is 0 Å². The number of nitrogens with one attached hydrogen (secondary N) is 3. The maximum Gasteiger partial charge on any atom is 0.264 e. The predicted molar refractivity (Wildman–Crippen MR) is 321 cm³/mol. The van der Waals surface area contributed by atoms with Crippen LogP contribution in [0.1, 0.15) is 168 Å². The third-order valence-corrected chi connectivity index (χ3v) is 19.2. The highest BCUT2D eigenvalue weighted by Gasteiger charge is 2.56. The normalized spacial score (nSPS) is 21.7.